The molecule has 1 aliphatic rings. The number of hydrogen-bond acceptors (Lipinski definition) is 7. The molecule has 1 aromatic rings. The molecular weight excluding hydrogens is 393 g/mol. The maximum absolute atomic E-state index is 13.1. The molecular formula is C21H34NO6P. The first-order valence-corrected chi connectivity index (χ1v) is 12.0. The Hall–Kier alpha value is -1.24. The van der Waals surface area contributed by atoms with Crippen LogP contribution in [0.15, 0.2) is 30.3 Å². The van der Waals surface area contributed by atoms with E-state index in [0.29, 0.717) is 0 Å². The number of benzene rings is 1. The monoisotopic (exact) mass is 427 g/mol. The van der Waals surface area contributed by atoms with Gasteiger partial charge in [-0.15, -0.1) is 0 Å². The molecule has 164 valence electrons. The molecule has 1 fully saturated rings. The Morgan fingerprint density at radius 2 is 1.66 bits per heavy atom. The predicted octanol–water partition coefficient (Wildman–Crippen LogP) is 4.78. The van der Waals surface area contributed by atoms with E-state index < -0.39 is 25.9 Å². The third kappa shape index (κ3) is 7.50. The normalized spacial score (nSPS) is 17.6. The fourth-order valence-electron chi connectivity index (χ4n) is 3.56. The van der Waals surface area contributed by atoms with Crippen molar-refractivity contribution in [2.45, 2.75) is 71.1 Å². The van der Waals surface area contributed by atoms with E-state index in [2.05, 4.69) is 5.32 Å². The zero-order chi connectivity index (χ0) is 21.1. The summed E-state index contributed by atoms with van der Waals surface area (Å²) in [4.78, 5) is 12.9. The zero-order valence-electron chi connectivity index (χ0n) is 17.7. The lowest BCUT2D eigenvalue weighted by Crippen LogP contribution is -2.44. The summed E-state index contributed by atoms with van der Waals surface area (Å²) in [5.74, 6) is -0.593. The fourth-order valence-corrected chi connectivity index (χ4v) is 4.87. The van der Waals surface area contributed by atoms with E-state index in [1.807, 2.05) is 30.3 Å². The standard InChI is InChI=1S/C21H34NO6P/c1-4-25-21(23)20(28-29(24,26-5-2)27-6-3)19(17-13-9-7-10-14-17)22-18-15-11-8-12-16-18/h7,9-10,13-14,18-20,22H,4-6,8,11-12,15-16H2,1-3H3/t19-,20-/m1/s1. The lowest BCUT2D eigenvalue weighted by atomic mass is 9.92. The van der Waals surface area contributed by atoms with Crippen LogP contribution in [0.5, 0.6) is 0 Å². The molecule has 8 heteroatoms. The molecule has 1 aliphatic carbocycles. The second kappa shape index (κ2) is 12.5. The van der Waals surface area contributed by atoms with Gasteiger partial charge in [0.1, 0.15) is 0 Å². The first-order chi connectivity index (χ1) is 14.0. The van der Waals surface area contributed by atoms with Crippen molar-refractivity contribution >= 4 is 13.8 Å². The van der Waals surface area contributed by atoms with Crippen LogP contribution < -0.4 is 5.32 Å². The Morgan fingerprint density at radius 3 is 2.21 bits per heavy atom. The number of carbonyl (C=O) groups excluding carboxylic acids is 1. The van der Waals surface area contributed by atoms with Gasteiger partial charge in [-0.25, -0.2) is 9.36 Å². The molecule has 7 nitrogen and oxygen atoms in total. The van der Waals surface area contributed by atoms with Gasteiger partial charge in [0.25, 0.3) is 0 Å². The number of phosphoric ester groups is 1. The molecule has 0 spiro atoms. The first-order valence-electron chi connectivity index (χ1n) is 10.6. The molecule has 0 aliphatic heterocycles. The number of ether oxygens (including phenoxy) is 1. The zero-order valence-corrected chi connectivity index (χ0v) is 18.6. The molecule has 2 atom stereocenters. The van der Waals surface area contributed by atoms with E-state index >= 15 is 0 Å². The summed E-state index contributed by atoms with van der Waals surface area (Å²) in [5, 5.41) is 3.56. The predicted molar refractivity (Wildman–Crippen MR) is 112 cm³/mol. The molecule has 0 amide bonds. The Bertz CT molecular complexity index is 640. The summed E-state index contributed by atoms with van der Waals surface area (Å²) < 4.78 is 34.6. The SMILES string of the molecule is CCOC(=O)[C@H](OP(=O)(OCC)OCC)[C@H](NC1CCCCC1)c1ccccc1. The minimum atomic E-state index is -3.92. The van der Waals surface area contributed by atoms with E-state index in [-0.39, 0.29) is 25.9 Å². The number of rotatable bonds is 12. The molecule has 1 aromatic carbocycles. The van der Waals surface area contributed by atoms with Crippen LogP contribution >= 0.6 is 7.82 Å². The van der Waals surface area contributed by atoms with Crippen LogP contribution in [0.4, 0.5) is 0 Å². The molecule has 29 heavy (non-hydrogen) atoms. The smallest absolute Gasteiger partial charge is 0.464 e. The Kier molecular flexibility index (Phi) is 10.3. The highest BCUT2D eigenvalue weighted by Crippen LogP contribution is 2.52. The summed E-state index contributed by atoms with van der Waals surface area (Å²) in [6.07, 6.45) is 4.38. The average molecular weight is 427 g/mol. The van der Waals surface area contributed by atoms with Crippen molar-refractivity contribution in [1.29, 1.82) is 0 Å². The fraction of sp³-hybridized carbons (Fsp3) is 0.667. The highest BCUT2D eigenvalue weighted by Gasteiger charge is 2.41. The second-order valence-electron chi connectivity index (χ2n) is 6.95. The van der Waals surface area contributed by atoms with Crippen LogP contribution in [0, 0.1) is 0 Å². The lowest BCUT2D eigenvalue weighted by Gasteiger charge is -2.33. The van der Waals surface area contributed by atoms with Gasteiger partial charge in [-0.05, 0) is 39.2 Å². The Balaban J connectivity index is 2.36. The van der Waals surface area contributed by atoms with Gasteiger partial charge >= 0.3 is 13.8 Å². The van der Waals surface area contributed by atoms with E-state index in [4.69, 9.17) is 18.3 Å². The number of nitrogens with one attached hydrogen (secondary N) is 1. The van der Waals surface area contributed by atoms with E-state index in [9.17, 15) is 9.36 Å². The summed E-state index contributed by atoms with van der Waals surface area (Å²) >= 11 is 0. The van der Waals surface area contributed by atoms with Crippen LogP contribution in [-0.4, -0.2) is 37.9 Å². The first kappa shape index (κ1) is 24.0. The highest BCUT2D eigenvalue weighted by molar-refractivity contribution is 7.48. The number of hydrogen-bond donors (Lipinski definition) is 1. The molecule has 0 saturated heterocycles. The molecule has 0 bridgehead atoms. The number of esters is 1. The van der Waals surface area contributed by atoms with E-state index in [1.165, 1.54) is 6.42 Å². The topological polar surface area (TPSA) is 83.1 Å². The lowest BCUT2D eigenvalue weighted by molar-refractivity contribution is -0.154. The molecule has 0 radical (unpaired) electrons. The van der Waals surface area contributed by atoms with Crippen molar-refractivity contribution in [2.75, 3.05) is 19.8 Å². The van der Waals surface area contributed by atoms with Gasteiger partial charge in [-0.2, -0.15) is 0 Å². The van der Waals surface area contributed by atoms with Crippen molar-refractivity contribution in [3.8, 4) is 0 Å². The van der Waals surface area contributed by atoms with Crippen LogP contribution in [-0.2, 0) is 27.7 Å². The Morgan fingerprint density at radius 1 is 1.03 bits per heavy atom. The highest BCUT2D eigenvalue weighted by atomic mass is 31.2. The maximum Gasteiger partial charge on any atom is 0.475 e. The summed E-state index contributed by atoms with van der Waals surface area (Å²) in [6.45, 7) is 5.59. The van der Waals surface area contributed by atoms with Crippen LogP contribution in [0.25, 0.3) is 0 Å². The van der Waals surface area contributed by atoms with Crippen molar-refractivity contribution in [3.63, 3.8) is 0 Å². The van der Waals surface area contributed by atoms with Gasteiger partial charge in [-0.3, -0.25) is 13.6 Å². The molecule has 1 saturated carbocycles. The minimum Gasteiger partial charge on any atom is -0.464 e. The van der Waals surface area contributed by atoms with Crippen molar-refractivity contribution < 1.29 is 27.7 Å². The quantitative estimate of drug-likeness (QED) is 0.380. The second-order valence-corrected chi connectivity index (χ2v) is 8.57. The van der Waals surface area contributed by atoms with Crippen molar-refractivity contribution in [3.05, 3.63) is 35.9 Å². The van der Waals surface area contributed by atoms with Gasteiger partial charge in [0.05, 0.1) is 25.9 Å². The third-order valence-electron chi connectivity index (χ3n) is 4.82. The average Bonchev–Trinajstić information content (AvgIpc) is 2.72. The van der Waals surface area contributed by atoms with Gasteiger partial charge in [0, 0.05) is 6.04 Å². The van der Waals surface area contributed by atoms with Gasteiger partial charge in [0.15, 0.2) is 6.10 Å². The van der Waals surface area contributed by atoms with Crippen molar-refractivity contribution in [1.82, 2.24) is 5.32 Å². The van der Waals surface area contributed by atoms with Crippen LogP contribution in [0.3, 0.4) is 0 Å². The largest absolute Gasteiger partial charge is 0.475 e. The van der Waals surface area contributed by atoms with Crippen molar-refractivity contribution in [2.24, 2.45) is 0 Å². The number of carbonyl (C=O) groups is 1. The Labute approximate surface area is 174 Å². The number of phosphoric acid groups is 1. The van der Waals surface area contributed by atoms with Gasteiger partial charge in [-0.1, -0.05) is 49.6 Å². The summed E-state index contributed by atoms with van der Waals surface area (Å²) in [5.41, 5.74) is 0.857. The maximum atomic E-state index is 13.1. The molecule has 2 rings (SSSR count). The molecule has 1 N–H and O–H groups in total. The van der Waals surface area contributed by atoms with Crippen LogP contribution in [0.2, 0.25) is 0 Å². The van der Waals surface area contributed by atoms with E-state index in [0.717, 1.165) is 31.2 Å². The van der Waals surface area contributed by atoms with Crippen LogP contribution in [0.1, 0.15) is 64.5 Å². The van der Waals surface area contributed by atoms with Gasteiger partial charge in [0.2, 0.25) is 0 Å². The molecule has 0 unspecified atom stereocenters. The molecule has 0 aromatic heterocycles. The molecule has 0 heterocycles. The summed E-state index contributed by atoms with van der Waals surface area (Å²) in [7, 11) is -3.92. The van der Waals surface area contributed by atoms with E-state index in [1.54, 1.807) is 20.8 Å². The third-order valence-corrected chi connectivity index (χ3v) is 6.45. The summed E-state index contributed by atoms with van der Waals surface area (Å²) in [6, 6.07) is 9.26. The van der Waals surface area contributed by atoms with Gasteiger partial charge < -0.3 is 10.1 Å². The minimum absolute atomic E-state index is 0.138.